The molecule has 2 aromatic carbocycles. The van der Waals surface area contributed by atoms with Crippen LogP contribution in [0, 0.1) is 18.3 Å². The molecule has 0 aliphatic carbocycles. The highest BCUT2D eigenvalue weighted by molar-refractivity contribution is 5.96. The lowest BCUT2D eigenvalue weighted by Crippen LogP contribution is -2.24. The van der Waals surface area contributed by atoms with Crippen molar-refractivity contribution in [2.75, 3.05) is 11.4 Å². The van der Waals surface area contributed by atoms with Gasteiger partial charge in [0.2, 0.25) is 5.91 Å². The predicted molar refractivity (Wildman–Crippen MR) is 81.2 cm³/mol. The van der Waals surface area contributed by atoms with E-state index in [-0.39, 0.29) is 11.8 Å². The van der Waals surface area contributed by atoms with Crippen molar-refractivity contribution in [2.45, 2.75) is 6.42 Å². The number of nitrogens with zero attached hydrogens (tertiary/aromatic N) is 1. The third kappa shape index (κ3) is 2.31. The van der Waals surface area contributed by atoms with Crippen molar-refractivity contribution < 1.29 is 4.79 Å². The van der Waals surface area contributed by atoms with Crippen LogP contribution >= 0.6 is 0 Å². The molecule has 0 N–H and O–H groups in total. The predicted octanol–water partition coefficient (Wildman–Crippen LogP) is 3.34. The number of hydrogen-bond donors (Lipinski definition) is 0. The summed E-state index contributed by atoms with van der Waals surface area (Å²) in [6.07, 6.45) is 5.86. The Labute approximate surface area is 119 Å². The Balaban J connectivity index is 1.84. The van der Waals surface area contributed by atoms with Crippen LogP contribution in [0.5, 0.6) is 0 Å². The number of terminal acetylenes is 1. The monoisotopic (exact) mass is 261 g/mol. The van der Waals surface area contributed by atoms with E-state index in [1.807, 2.05) is 42.5 Å². The quantitative estimate of drug-likeness (QED) is 0.759. The summed E-state index contributed by atoms with van der Waals surface area (Å²) in [7, 11) is 0. The van der Waals surface area contributed by atoms with Gasteiger partial charge in [-0.1, -0.05) is 42.5 Å². The van der Waals surface area contributed by atoms with Gasteiger partial charge < -0.3 is 4.90 Å². The topological polar surface area (TPSA) is 20.3 Å². The van der Waals surface area contributed by atoms with E-state index in [0.717, 1.165) is 11.3 Å². The van der Waals surface area contributed by atoms with Crippen molar-refractivity contribution in [1.82, 2.24) is 0 Å². The molecule has 1 heterocycles. The fourth-order valence-corrected chi connectivity index (χ4v) is 2.53. The molecular weight excluding hydrogens is 246 g/mol. The molecule has 0 aromatic heterocycles. The minimum Gasteiger partial charge on any atom is -0.311 e. The van der Waals surface area contributed by atoms with Gasteiger partial charge in [0.05, 0.1) is 0 Å². The zero-order valence-corrected chi connectivity index (χ0v) is 11.1. The van der Waals surface area contributed by atoms with Crippen LogP contribution in [-0.4, -0.2) is 12.5 Å². The van der Waals surface area contributed by atoms with Gasteiger partial charge in [-0.2, -0.15) is 0 Å². The molecular formula is C18H15NO. The van der Waals surface area contributed by atoms with Crippen molar-refractivity contribution in [2.24, 2.45) is 5.92 Å². The van der Waals surface area contributed by atoms with Crippen molar-refractivity contribution in [1.29, 1.82) is 0 Å². The van der Waals surface area contributed by atoms with Gasteiger partial charge in [0.25, 0.3) is 0 Å². The Morgan fingerprint density at radius 2 is 1.65 bits per heavy atom. The Hall–Kier alpha value is -2.53. The standard InChI is InChI=1S/C18H15NO/c1-2-14-12-18(20)19(13-14)17-10-8-16(9-11-17)15-6-4-3-5-7-15/h1,3-11,14H,12-13H2. The average Bonchev–Trinajstić information content (AvgIpc) is 2.89. The lowest BCUT2D eigenvalue weighted by molar-refractivity contribution is -0.117. The fourth-order valence-electron chi connectivity index (χ4n) is 2.53. The summed E-state index contributed by atoms with van der Waals surface area (Å²) < 4.78 is 0. The zero-order chi connectivity index (χ0) is 13.9. The maximum absolute atomic E-state index is 11.9. The summed E-state index contributed by atoms with van der Waals surface area (Å²) in [6, 6.07) is 18.2. The summed E-state index contributed by atoms with van der Waals surface area (Å²) in [5.74, 6) is 2.82. The lowest BCUT2D eigenvalue weighted by Gasteiger charge is -2.16. The normalized spacial score (nSPS) is 18.1. The summed E-state index contributed by atoms with van der Waals surface area (Å²) in [6.45, 7) is 0.625. The second-order valence-corrected chi connectivity index (χ2v) is 4.98. The van der Waals surface area contributed by atoms with E-state index in [4.69, 9.17) is 6.42 Å². The second-order valence-electron chi connectivity index (χ2n) is 4.98. The molecule has 2 nitrogen and oxygen atoms in total. The second kappa shape index (κ2) is 5.22. The van der Waals surface area contributed by atoms with Gasteiger partial charge in [-0.05, 0) is 23.3 Å². The van der Waals surface area contributed by atoms with Crippen molar-refractivity contribution in [3.05, 3.63) is 54.6 Å². The van der Waals surface area contributed by atoms with E-state index in [0.29, 0.717) is 13.0 Å². The van der Waals surface area contributed by atoms with E-state index >= 15 is 0 Å². The maximum atomic E-state index is 11.9. The molecule has 0 saturated carbocycles. The van der Waals surface area contributed by atoms with Crippen molar-refractivity contribution in [3.63, 3.8) is 0 Å². The molecule has 0 bridgehead atoms. The van der Waals surface area contributed by atoms with Crippen LogP contribution < -0.4 is 4.90 Å². The highest BCUT2D eigenvalue weighted by atomic mass is 16.2. The van der Waals surface area contributed by atoms with Gasteiger partial charge >= 0.3 is 0 Å². The zero-order valence-electron chi connectivity index (χ0n) is 11.1. The molecule has 3 rings (SSSR count). The Morgan fingerprint density at radius 1 is 1.00 bits per heavy atom. The third-order valence-electron chi connectivity index (χ3n) is 3.65. The fraction of sp³-hybridized carbons (Fsp3) is 0.167. The minimum absolute atomic E-state index is 0.0382. The maximum Gasteiger partial charge on any atom is 0.228 e. The van der Waals surface area contributed by atoms with Crippen LogP contribution in [0.25, 0.3) is 11.1 Å². The van der Waals surface area contributed by atoms with Crippen molar-refractivity contribution in [3.8, 4) is 23.5 Å². The minimum atomic E-state index is 0.0382. The summed E-state index contributed by atoms with van der Waals surface area (Å²) >= 11 is 0. The molecule has 1 fully saturated rings. The number of benzene rings is 2. The van der Waals surface area contributed by atoms with E-state index in [2.05, 4.69) is 18.1 Å². The first-order chi connectivity index (χ1) is 9.78. The number of carbonyl (C=O) groups excluding carboxylic acids is 1. The summed E-state index contributed by atoms with van der Waals surface area (Å²) in [5, 5.41) is 0. The molecule has 2 heteroatoms. The number of carbonyl (C=O) groups is 1. The number of hydrogen-bond acceptors (Lipinski definition) is 1. The molecule has 20 heavy (non-hydrogen) atoms. The van der Waals surface area contributed by atoms with Crippen LogP contribution in [0.4, 0.5) is 5.69 Å². The molecule has 1 aliphatic heterocycles. The van der Waals surface area contributed by atoms with Crippen LogP contribution in [0.2, 0.25) is 0 Å². The van der Waals surface area contributed by atoms with Crippen LogP contribution in [0.15, 0.2) is 54.6 Å². The van der Waals surface area contributed by atoms with Gasteiger partial charge in [-0.15, -0.1) is 12.3 Å². The SMILES string of the molecule is C#CC1CC(=O)N(c2ccc(-c3ccccc3)cc2)C1. The summed E-state index contributed by atoms with van der Waals surface area (Å²) in [4.78, 5) is 13.7. The van der Waals surface area contributed by atoms with Gasteiger partial charge in [0, 0.05) is 24.6 Å². The molecule has 0 radical (unpaired) electrons. The Morgan fingerprint density at radius 3 is 2.25 bits per heavy atom. The number of amides is 1. The molecule has 1 aliphatic rings. The molecule has 1 saturated heterocycles. The molecule has 1 amide bonds. The molecule has 98 valence electrons. The Kier molecular flexibility index (Phi) is 3.26. The van der Waals surface area contributed by atoms with Gasteiger partial charge in [-0.25, -0.2) is 0 Å². The van der Waals surface area contributed by atoms with E-state index < -0.39 is 0 Å². The number of rotatable bonds is 2. The van der Waals surface area contributed by atoms with Crippen LogP contribution in [-0.2, 0) is 4.79 Å². The lowest BCUT2D eigenvalue weighted by atomic mass is 10.1. The highest BCUT2D eigenvalue weighted by Gasteiger charge is 2.29. The van der Waals surface area contributed by atoms with Gasteiger partial charge in [-0.3, -0.25) is 4.79 Å². The van der Waals surface area contributed by atoms with Crippen LogP contribution in [0.1, 0.15) is 6.42 Å². The average molecular weight is 261 g/mol. The smallest absolute Gasteiger partial charge is 0.228 e. The van der Waals surface area contributed by atoms with Gasteiger partial charge in [0.15, 0.2) is 0 Å². The highest BCUT2D eigenvalue weighted by Crippen LogP contribution is 2.27. The molecule has 1 unspecified atom stereocenters. The first kappa shape index (κ1) is 12.5. The molecule has 0 spiro atoms. The van der Waals surface area contributed by atoms with Crippen LogP contribution in [0.3, 0.4) is 0 Å². The van der Waals surface area contributed by atoms with E-state index in [1.54, 1.807) is 4.90 Å². The van der Waals surface area contributed by atoms with E-state index in [9.17, 15) is 4.79 Å². The van der Waals surface area contributed by atoms with Gasteiger partial charge in [0.1, 0.15) is 0 Å². The van der Waals surface area contributed by atoms with Crippen molar-refractivity contribution >= 4 is 11.6 Å². The molecule has 2 aromatic rings. The molecule has 1 atom stereocenters. The number of anilines is 1. The first-order valence-corrected chi connectivity index (χ1v) is 6.70. The largest absolute Gasteiger partial charge is 0.311 e. The first-order valence-electron chi connectivity index (χ1n) is 6.70. The van der Waals surface area contributed by atoms with E-state index in [1.165, 1.54) is 5.56 Å². The third-order valence-corrected chi connectivity index (χ3v) is 3.65. The summed E-state index contributed by atoms with van der Waals surface area (Å²) in [5.41, 5.74) is 3.25. The Bertz CT molecular complexity index is 652.